The first-order valence-electron chi connectivity index (χ1n) is 9.81. The zero-order valence-corrected chi connectivity index (χ0v) is 16.9. The second-order valence-electron chi connectivity index (χ2n) is 7.36. The van der Waals surface area contributed by atoms with Gasteiger partial charge in [0.25, 0.3) is 5.91 Å². The molecule has 156 valence electrons. The molecule has 0 bridgehead atoms. The lowest BCUT2D eigenvalue weighted by Gasteiger charge is -2.33. The third-order valence-electron chi connectivity index (χ3n) is 5.25. The van der Waals surface area contributed by atoms with Crippen LogP contribution in [-0.4, -0.2) is 76.1 Å². The zero-order chi connectivity index (χ0) is 20.1. The molecule has 0 aliphatic carbocycles. The van der Waals surface area contributed by atoms with Crippen molar-refractivity contribution in [3.63, 3.8) is 0 Å². The Morgan fingerprint density at radius 2 is 2.00 bits per heavy atom. The zero-order valence-electron chi connectivity index (χ0n) is 16.9. The number of hydrogen-bond acceptors (Lipinski definition) is 7. The summed E-state index contributed by atoms with van der Waals surface area (Å²) in [5, 5.41) is 3.14. The van der Waals surface area contributed by atoms with Gasteiger partial charge in [-0.3, -0.25) is 9.69 Å². The molecule has 2 aliphatic heterocycles. The number of nitrogens with one attached hydrogen (secondary N) is 1. The average Bonchev–Trinajstić information content (AvgIpc) is 3.09. The normalized spacial score (nSPS) is 24.5. The van der Waals surface area contributed by atoms with Gasteiger partial charge in [0.05, 0.1) is 33.5 Å². The lowest BCUT2D eigenvalue weighted by molar-refractivity contribution is -0.0390. The number of carbonyl (C=O) groups is 1. The Kier molecular flexibility index (Phi) is 6.98. The SMILES string of the molecule is COc1cc(C(=O)N[C@H]2C[C@H]3CO[C@@H](C)CN3C2)cc(OC)c1OCCCN. The minimum absolute atomic E-state index is 0.101. The van der Waals surface area contributed by atoms with Crippen LogP contribution in [0.2, 0.25) is 0 Å². The lowest BCUT2D eigenvalue weighted by Crippen LogP contribution is -2.45. The van der Waals surface area contributed by atoms with Crippen molar-refractivity contribution in [2.45, 2.75) is 38.0 Å². The first-order valence-corrected chi connectivity index (χ1v) is 9.81. The van der Waals surface area contributed by atoms with Gasteiger partial charge in [0.2, 0.25) is 5.75 Å². The number of carbonyl (C=O) groups excluding carboxylic acids is 1. The van der Waals surface area contributed by atoms with E-state index in [-0.39, 0.29) is 18.1 Å². The topological polar surface area (TPSA) is 95.3 Å². The number of morpholine rings is 1. The molecule has 0 saturated carbocycles. The first-order chi connectivity index (χ1) is 13.5. The Hall–Kier alpha value is -2.03. The van der Waals surface area contributed by atoms with Gasteiger partial charge in [-0.2, -0.15) is 0 Å². The van der Waals surface area contributed by atoms with E-state index in [1.807, 2.05) is 0 Å². The van der Waals surface area contributed by atoms with E-state index in [9.17, 15) is 4.79 Å². The van der Waals surface area contributed by atoms with E-state index in [2.05, 4.69) is 17.1 Å². The summed E-state index contributed by atoms with van der Waals surface area (Å²) in [6, 6.07) is 3.85. The summed E-state index contributed by atoms with van der Waals surface area (Å²) in [7, 11) is 3.09. The molecule has 1 aromatic rings. The number of amides is 1. The monoisotopic (exact) mass is 393 g/mol. The maximum Gasteiger partial charge on any atom is 0.251 e. The Balaban J connectivity index is 1.69. The van der Waals surface area contributed by atoms with Crippen molar-refractivity contribution < 1.29 is 23.7 Å². The fraction of sp³-hybridized carbons (Fsp3) is 0.650. The Bertz CT molecular complexity index is 659. The number of nitrogens with two attached hydrogens (primary N) is 1. The second-order valence-corrected chi connectivity index (χ2v) is 7.36. The lowest BCUT2D eigenvalue weighted by atomic mass is 10.1. The largest absolute Gasteiger partial charge is 0.493 e. The molecule has 8 heteroatoms. The number of rotatable bonds is 8. The molecule has 0 radical (unpaired) electrons. The van der Waals surface area contributed by atoms with Gasteiger partial charge in [-0.1, -0.05) is 0 Å². The van der Waals surface area contributed by atoms with Gasteiger partial charge in [0.15, 0.2) is 11.5 Å². The molecule has 28 heavy (non-hydrogen) atoms. The number of ether oxygens (including phenoxy) is 4. The summed E-state index contributed by atoms with van der Waals surface area (Å²) in [5.41, 5.74) is 6.00. The minimum Gasteiger partial charge on any atom is -0.493 e. The van der Waals surface area contributed by atoms with Crippen molar-refractivity contribution in [2.75, 3.05) is 47.1 Å². The quantitative estimate of drug-likeness (QED) is 0.637. The Morgan fingerprint density at radius 1 is 1.29 bits per heavy atom. The molecule has 2 aliphatic rings. The summed E-state index contributed by atoms with van der Waals surface area (Å²) in [6.45, 7) is 5.55. The number of nitrogens with zero attached hydrogens (tertiary/aromatic N) is 1. The highest BCUT2D eigenvalue weighted by Crippen LogP contribution is 2.38. The third-order valence-corrected chi connectivity index (χ3v) is 5.25. The van der Waals surface area contributed by atoms with Crippen molar-refractivity contribution in [3.05, 3.63) is 17.7 Å². The van der Waals surface area contributed by atoms with Crippen molar-refractivity contribution >= 4 is 5.91 Å². The van der Waals surface area contributed by atoms with Crippen LogP contribution in [-0.2, 0) is 4.74 Å². The Labute approximate surface area is 166 Å². The molecule has 2 fully saturated rings. The molecule has 3 N–H and O–H groups in total. The molecular weight excluding hydrogens is 362 g/mol. The number of fused-ring (bicyclic) bond motifs is 1. The predicted molar refractivity (Wildman–Crippen MR) is 105 cm³/mol. The van der Waals surface area contributed by atoms with Crippen LogP contribution < -0.4 is 25.3 Å². The van der Waals surface area contributed by atoms with Gasteiger partial charge >= 0.3 is 0 Å². The molecular formula is C20H31N3O5. The van der Waals surface area contributed by atoms with E-state index in [0.717, 1.165) is 32.5 Å². The molecule has 2 heterocycles. The van der Waals surface area contributed by atoms with Crippen LogP contribution in [0.1, 0.15) is 30.1 Å². The fourth-order valence-corrected chi connectivity index (χ4v) is 3.82. The molecule has 0 aromatic heterocycles. The first kappa shape index (κ1) is 20.7. The van der Waals surface area contributed by atoms with E-state index in [1.165, 1.54) is 0 Å². The highest BCUT2D eigenvalue weighted by molar-refractivity contribution is 5.95. The minimum atomic E-state index is -0.149. The molecule has 1 aromatic carbocycles. The van der Waals surface area contributed by atoms with Crippen molar-refractivity contribution in [1.82, 2.24) is 10.2 Å². The van der Waals surface area contributed by atoms with Gasteiger partial charge < -0.3 is 30.0 Å². The van der Waals surface area contributed by atoms with Crippen LogP contribution >= 0.6 is 0 Å². The van der Waals surface area contributed by atoms with E-state index in [4.69, 9.17) is 24.7 Å². The van der Waals surface area contributed by atoms with Gasteiger partial charge in [-0.05, 0) is 38.4 Å². The predicted octanol–water partition coefficient (Wildman–Crippen LogP) is 1.02. The van der Waals surface area contributed by atoms with Crippen LogP contribution in [0, 0.1) is 0 Å². The van der Waals surface area contributed by atoms with Gasteiger partial charge in [-0.15, -0.1) is 0 Å². The summed E-state index contributed by atoms with van der Waals surface area (Å²) in [4.78, 5) is 15.2. The number of hydrogen-bond donors (Lipinski definition) is 2. The van der Waals surface area contributed by atoms with Gasteiger partial charge in [-0.25, -0.2) is 0 Å². The van der Waals surface area contributed by atoms with Crippen molar-refractivity contribution in [1.29, 1.82) is 0 Å². The average molecular weight is 393 g/mol. The highest BCUT2D eigenvalue weighted by Gasteiger charge is 2.37. The number of benzene rings is 1. The van der Waals surface area contributed by atoms with Crippen LogP contribution in [0.15, 0.2) is 12.1 Å². The van der Waals surface area contributed by atoms with Crippen molar-refractivity contribution in [2.24, 2.45) is 5.73 Å². The van der Waals surface area contributed by atoms with E-state index >= 15 is 0 Å². The maximum absolute atomic E-state index is 12.8. The number of methoxy groups -OCH3 is 2. The molecule has 3 atom stereocenters. The Morgan fingerprint density at radius 3 is 2.64 bits per heavy atom. The second kappa shape index (κ2) is 9.45. The summed E-state index contributed by atoms with van der Waals surface area (Å²) >= 11 is 0. The van der Waals surface area contributed by atoms with Gasteiger partial charge in [0, 0.05) is 30.7 Å². The van der Waals surface area contributed by atoms with Crippen molar-refractivity contribution in [3.8, 4) is 17.2 Å². The summed E-state index contributed by atoms with van der Waals surface area (Å²) < 4.78 is 22.3. The molecule has 2 saturated heterocycles. The van der Waals surface area contributed by atoms with Crippen LogP contribution in [0.25, 0.3) is 0 Å². The fourth-order valence-electron chi connectivity index (χ4n) is 3.82. The molecule has 8 nitrogen and oxygen atoms in total. The van der Waals surface area contributed by atoms with Crippen LogP contribution in [0.5, 0.6) is 17.2 Å². The van der Waals surface area contributed by atoms with Gasteiger partial charge in [0.1, 0.15) is 0 Å². The highest BCUT2D eigenvalue weighted by atomic mass is 16.5. The molecule has 1 amide bonds. The maximum atomic E-state index is 12.8. The molecule has 0 spiro atoms. The van der Waals surface area contributed by atoms with E-state index in [0.29, 0.717) is 42.0 Å². The summed E-state index contributed by atoms with van der Waals surface area (Å²) in [5.74, 6) is 1.27. The molecule has 0 unspecified atom stereocenters. The van der Waals surface area contributed by atoms with E-state index < -0.39 is 0 Å². The van der Waals surface area contributed by atoms with Crippen LogP contribution in [0.3, 0.4) is 0 Å². The third kappa shape index (κ3) is 4.68. The smallest absolute Gasteiger partial charge is 0.251 e. The molecule has 3 rings (SSSR count). The van der Waals surface area contributed by atoms with Crippen LogP contribution in [0.4, 0.5) is 0 Å². The standard InChI is InChI=1S/C20H31N3O5/c1-13-10-23-11-15(9-16(23)12-28-13)22-20(24)14-7-17(25-2)19(18(8-14)26-3)27-6-4-5-21/h7-8,13,15-16H,4-6,9-12,21H2,1-3H3,(H,22,24)/t13-,15-,16-/m0/s1. The summed E-state index contributed by atoms with van der Waals surface area (Å²) in [6.07, 6.45) is 1.86. The van der Waals surface area contributed by atoms with E-state index in [1.54, 1.807) is 26.4 Å².